The fourth-order valence-electron chi connectivity index (χ4n) is 2.61. The number of pyridine rings is 1. The molecule has 1 aromatic heterocycles. The number of benzene rings is 2. The highest BCUT2D eigenvalue weighted by molar-refractivity contribution is 7.89. The molecule has 1 heterocycles. The summed E-state index contributed by atoms with van der Waals surface area (Å²) in [5, 5.41) is 0.803. The van der Waals surface area contributed by atoms with Crippen LogP contribution in [0.5, 0.6) is 0 Å². The Hall–Kier alpha value is -2.47. The molecule has 4 nitrogen and oxygen atoms in total. The second-order valence-corrected chi connectivity index (χ2v) is 8.85. The van der Waals surface area contributed by atoms with Gasteiger partial charge < -0.3 is 4.57 Å². The average Bonchev–Trinajstić information content (AvgIpc) is 2.52. The Morgan fingerprint density at radius 3 is 2.19 bits per heavy atom. The van der Waals surface area contributed by atoms with Crippen molar-refractivity contribution in [2.75, 3.05) is 12.5 Å². The SMILES string of the molecule is CS(C)(=O)=O.Cc1ccc(-c2cn(C)c(=O)c3cccc(F)c23)cc1C. The molecule has 2 aromatic carbocycles. The van der Waals surface area contributed by atoms with Gasteiger partial charge in [0.1, 0.15) is 15.7 Å². The smallest absolute Gasteiger partial charge is 0.258 e. The van der Waals surface area contributed by atoms with E-state index in [0.717, 1.165) is 29.2 Å². The van der Waals surface area contributed by atoms with Gasteiger partial charge in [0.15, 0.2) is 0 Å². The van der Waals surface area contributed by atoms with E-state index in [1.165, 1.54) is 16.2 Å². The van der Waals surface area contributed by atoms with Crippen molar-refractivity contribution < 1.29 is 12.8 Å². The standard InChI is InChI=1S/C18H16FNO.C2H6O2S/c1-11-7-8-13(9-12(11)2)15-10-20(3)18(21)14-5-4-6-16(19)17(14)15;1-5(2,3)4/h4-10H,1-3H3;1-2H3. The van der Waals surface area contributed by atoms with Crippen LogP contribution in [0.3, 0.4) is 0 Å². The Labute approximate surface area is 152 Å². The maximum Gasteiger partial charge on any atom is 0.258 e. The summed E-state index contributed by atoms with van der Waals surface area (Å²) in [5.74, 6) is -0.363. The molecule has 3 rings (SSSR count). The van der Waals surface area contributed by atoms with Crippen LogP contribution in [-0.4, -0.2) is 25.5 Å². The van der Waals surface area contributed by atoms with Crippen molar-refractivity contribution in [1.82, 2.24) is 4.57 Å². The van der Waals surface area contributed by atoms with Crippen molar-refractivity contribution in [3.05, 3.63) is 69.9 Å². The van der Waals surface area contributed by atoms with Crippen LogP contribution in [0.4, 0.5) is 4.39 Å². The molecule has 0 aliphatic rings. The molecule has 3 aromatic rings. The summed E-state index contributed by atoms with van der Waals surface area (Å²) in [7, 11) is -0.975. The van der Waals surface area contributed by atoms with Crippen molar-refractivity contribution in [3.8, 4) is 11.1 Å². The van der Waals surface area contributed by atoms with Crippen molar-refractivity contribution in [2.24, 2.45) is 7.05 Å². The molecule has 0 fully saturated rings. The van der Waals surface area contributed by atoms with Gasteiger partial charge in [-0.3, -0.25) is 4.79 Å². The molecule has 0 saturated carbocycles. The monoisotopic (exact) mass is 375 g/mol. The summed E-state index contributed by atoms with van der Waals surface area (Å²) in [4.78, 5) is 12.2. The summed E-state index contributed by atoms with van der Waals surface area (Å²) in [6.45, 7) is 4.07. The molecule has 0 amide bonds. The summed E-state index contributed by atoms with van der Waals surface area (Å²) in [6, 6.07) is 10.7. The zero-order valence-corrected chi connectivity index (χ0v) is 16.3. The van der Waals surface area contributed by atoms with Gasteiger partial charge >= 0.3 is 0 Å². The van der Waals surface area contributed by atoms with Crippen LogP contribution in [0.2, 0.25) is 0 Å². The van der Waals surface area contributed by atoms with E-state index in [0.29, 0.717) is 10.8 Å². The molecule has 6 heteroatoms. The Balaban J connectivity index is 0.000000431. The van der Waals surface area contributed by atoms with Crippen LogP contribution in [0.25, 0.3) is 21.9 Å². The molecule has 0 saturated heterocycles. The minimum atomic E-state index is -2.67. The number of aromatic nitrogens is 1. The third-order valence-electron chi connectivity index (χ3n) is 3.97. The Morgan fingerprint density at radius 2 is 1.62 bits per heavy atom. The third kappa shape index (κ3) is 4.58. The van der Waals surface area contributed by atoms with Gasteiger partial charge in [-0.2, -0.15) is 0 Å². The maximum atomic E-state index is 14.3. The second-order valence-electron chi connectivity index (χ2n) is 6.56. The Bertz CT molecular complexity index is 1120. The normalized spacial score (nSPS) is 11.2. The first-order chi connectivity index (χ1) is 12.0. The summed E-state index contributed by atoms with van der Waals surface area (Å²) in [6.07, 6.45) is 4.03. The van der Waals surface area contributed by atoms with Gasteiger partial charge in [0.2, 0.25) is 0 Å². The predicted octanol–water partition coefficient (Wildman–Crippen LogP) is 3.62. The molecular weight excluding hydrogens is 353 g/mol. The van der Waals surface area contributed by atoms with Crippen molar-refractivity contribution >= 4 is 20.6 Å². The quantitative estimate of drug-likeness (QED) is 0.653. The molecule has 0 atom stereocenters. The molecule has 138 valence electrons. The first kappa shape index (κ1) is 19.8. The minimum absolute atomic E-state index is 0.183. The number of hydrogen-bond donors (Lipinski definition) is 0. The van der Waals surface area contributed by atoms with Gasteiger partial charge in [0.05, 0.1) is 5.39 Å². The molecule has 0 spiro atoms. The van der Waals surface area contributed by atoms with E-state index >= 15 is 0 Å². The lowest BCUT2D eigenvalue weighted by molar-refractivity contribution is 0.607. The van der Waals surface area contributed by atoms with Crippen molar-refractivity contribution in [2.45, 2.75) is 13.8 Å². The van der Waals surface area contributed by atoms with Crippen molar-refractivity contribution in [1.29, 1.82) is 0 Å². The number of aryl methyl sites for hydroxylation is 3. The molecule has 0 radical (unpaired) electrons. The van der Waals surface area contributed by atoms with E-state index in [2.05, 4.69) is 0 Å². The summed E-state index contributed by atoms with van der Waals surface area (Å²) < 4.78 is 35.0. The highest BCUT2D eigenvalue weighted by Crippen LogP contribution is 2.29. The Morgan fingerprint density at radius 1 is 1.00 bits per heavy atom. The van der Waals surface area contributed by atoms with Gasteiger partial charge in [-0.05, 0) is 42.7 Å². The highest BCUT2D eigenvalue weighted by atomic mass is 32.2. The first-order valence-electron chi connectivity index (χ1n) is 7.99. The van der Waals surface area contributed by atoms with Gasteiger partial charge in [0.25, 0.3) is 5.56 Å². The molecule has 0 N–H and O–H groups in total. The minimum Gasteiger partial charge on any atom is -0.317 e. The van der Waals surface area contributed by atoms with E-state index in [1.54, 1.807) is 25.4 Å². The fraction of sp³-hybridized carbons (Fsp3) is 0.250. The van der Waals surface area contributed by atoms with Crippen LogP contribution in [0, 0.1) is 19.7 Å². The van der Waals surface area contributed by atoms with E-state index in [9.17, 15) is 17.6 Å². The van der Waals surface area contributed by atoms with E-state index in [1.807, 2.05) is 32.0 Å². The van der Waals surface area contributed by atoms with Gasteiger partial charge in [-0.25, -0.2) is 12.8 Å². The molecular formula is C20H22FNO3S. The second kappa shape index (κ2) is 7.41. The largest absolute Gasteiger partial charge is 0.317 e. The zero-order chi connectivity index (χ0) is 19.6. The number of fused-ring (bicyclic) bond motifs is 1. The lowest BCUT2D eigenvalue weighted by Gasteiger charge is -2.12. The van der Waals surface area contributed by atoms with Crippen LogP contribution < -0.4 is 5.56 Å². The number of hydrogen-bond acceptors (Lipinski definition) is 3. The lowest BCUT2D eigenvalue weighted by atomic mass is 9.97. The third-order valence-corrected chi connectivity index (χ3v) is 3.97. The first-order valence-corrected chi connectivity index (χ1v) is 10.3. The van der Waals surface area contributed by atoms with Gasteiger partial charge in [-0.1, -0.05) is 24.3 Å². The van der Waals surface area contributed by atoms with E-state index < -0.39 is 9.84 Å². The van der Waals surface area contributed by atoms with Crippen LogP contribution in [0.1, 0.15) is 11.1 Å². The van der Waals surface area contributed by atoms with Crippen LogP contribution >= 0.6 is 0 Å². The van der Waals surface area contributed by atoms with Gasteiger partial charge in [0, 0.05) is 36.7 Å². The molecule has 0 aliphatic carbocycles. The van der Waals surface area contributed by atoms with Crippen LogP contribution in [0.15, 0.2) is 47.4 Å². The number of nitrogens with zero attached hydrogens (tertiary/aromatic N) is 1. The maximum absolute atomic E-state index is 14.3. The Kier molecular flexibility index (Phi) is 5.66. The fourth-order valence-corrected chi connectivity index (χ4v) is 2.61. The summed E-state index contributed by atoms with van der Waals surface area (Å²) >= 11 is 0. The zero-order valence-electron chi connectivity index (χ0n) is 15.5. The highest BCUT2D eigenvalue weighted by Gasteiger charge is 2.13. The summed E-state index contributed by atoms with van der Waals surface area (Å²) in [5.41, 5.74) is 3.81. The molecule has 0 bridgehead atoms. The van der Waals surface area contributed by atoms with E-state index in [4.69, 9.17) is 0 Å². The average molecular weight is 375 g/mol. The molecule has 26 heavy (non-hydrogen) atoms. The van der Waals surface area contributed by atoms with Crippen LogP contribution in [-0.2, 0) is 16.9 Å². The lowest BCUT2D eigenvalue weighted by Crippen LogP contribution is -2.17. The topological polar surface area (TPSA) is 56.1 Å². The predicted molar refractivity (Wildman–Crippen MR) is 105 cm³/mol. The van der Waals surface area contributed by atoms with E-state index in [-0.39, 0.29) is 11.4 Å². The van der Waals surface area contributed by atoms with Gasteiger partial charge in [-0.15, -0.1) is 0 Å². The number of sulfone groups is 1. The van der Waals surface area contributed by atoms with Crippen molar-refractivity contribution in [3.63, 3.8) is 0 Å². The molecule has 0 aliphatic heterocycles. The number of rotatable bonds is 1. The number of halogens is 1. The molecule has 0 unspecified atom stereocenters.